The van der Waals surface area contributed by atoms with Crippen molar-refractivity contribution in [2.45, 2.75) is 5.92 Å². The molecule has 108 valence electrons. The van der Waals surface area contributed by atoms with E-state index in [0.29, 0.717) is 0 Å². The Kier molecular flexibility index (Phi) is 4.01. The molecule has 2 heteroatoms. The maximum atomic E-state index is 11.6. The number of phenolic OH excluding ortho intramolecular Hbond substituents is 1. The number of carbonyl (C=O) groups excluding carboxylic acids is 1. The van der Waals surface area contributed by atoms with Crippen LogP contribution in [-0.2, 0) is 4.79 Å². The molecule has 0 fully saturated rings. The maximum absolute atomic E-state index is 11.6. The summed E-state index contributed by atoms with van der Waals surface area (Å²) in [6.45, 7) is 0. The summed E-state index contributed by atoms with van der Waals surface area (Å²) in [7, 11) is 0. The Labute approximate surface area is 129 Å². The predicted octanol–water partition coefficient (Wildman–Crippen LogP) is 4.39. The van der Waals surface area contributed by atoms with Crippen LogP contribution < -0.4 is 0 Å². The highest BCUT2D eigenvalue weighted by atomic mass is 16.3. The minimum Gasteiger partial charge on any atom is -0.508 e. The van der Waals surface area contributed by atoms with Crippen LogP contribution >= 0.6 is 0 Å². The van der Waals surface area contributed by atoms with Gasteiger partial charge in [0.15, 0.2) is 0 Å². The number of rotatable bonds is 4. The van der Waals surface area contributed by atoms with E-state index in [-0.39, 0.29) is 11.7 Å². The Hall–Kier alpha value is -2.87. The van der Waals surface area contributed by atoms with Crippen LogP contribution in [0.2, 0.25) is 0 Å². The fourth-order valence-electron chi connectivity index (χ4n) is 2.57. The first-order chi connectivity index (χ1) is 10.8. The molecule has 3 rings (SSSR count). The minimum atomic E-state index is -0.329. The quantitative estimate of drug-likeness (QED) is 0.723. The van der Waals surface area contributed by atoms with E-state index in [0.717, 1.165) is 28.5 Å². The van der Waals surface area contributed by atoms with E-state index in [4.69, 9.17) is 0 Å². The van der Waals surface area contributed by atoms with Crippen molar-refractivity contribution in [2.75, 3.05) is 0 Å². The number of carbonyl (C=O) groups is 1. The first-order valence-corrected chi connectivity index (χ1v) is 7.17. The molecule has 0 aliphatic carbocycles. The number of aldehydes is 1. The van der Waals surface area contributed by atoms with E-state index < -0.39 is 0 Å². The molecule has 0 bridgehead atoms. The maximum Gasteiger partial charge on any atom is 0.131 e. The van der Waals surface area contributed by atoms with Gasteiger partial charge in [-0.1, -0.05) is 66.7 Å². The van der Waals surface area contributed by atoms with Crippen LogP contribution in [0, 0.1) is 0 Å². The SMILES string of the molecule is O=CC(c1ccc(O)cc1)c1cccc(-c2ccccc2)c1. The second-order valence-corrected chi connectivity index (χ2v) is 5.20. The lowest BCUT2D eigenvalue weighted by atomic mass is 9.90. The molecule has 0 saturated heterocycles. The van der Waals surface area contributed by atoms with Crippen molar-refractivity contribution in [3.63, 3.8) is 0 Å². The highest BCUT2D eigenvalue weighted by Crippen LogP contribution is 2.28. The summed E-state index contributed by atoms with van der Waals surface area (Å²) in [5.41, 5.74) is 4.03. The van der Waals surface area contributed by atoms with Gasteiger partial charge in [0, 0.05) is 0 Å². The molecule has 0 saturated carbocycles. The van der Waals surface area contributed by atoms with Gasteiger partial charge in [-0.3, -0.25) is 0 Å². The van der Waals surface area contributed by atoms with Crippen LogP contribution in [-0.4, -0.2) is 11.4 Å². The third kappa shape index (κ3) is 2.91. The highest BCUT2D eigenvalue weighted by molar-refractivity contribution is 5.71. The molecular formula is C20H16O2. The summed E-state index contributed by atoms with van der Waals surface area (Å²) in [6, 6.07) is 24.9. The molecule has 1 atom stereocenters. The van der Waals surface area contributed by atoms with Crippen molar-refractivity contribution >= 4 is 6.29 Å². The van der Waals surface area contributed by atoms with Gasteiger partial charge in [0.25, 0.3) is 0 Å². The van der Waals surface area contributed by atoms with Crippen molar-refractivity contribution in [3.05, 3.63) is 90.0 Å². The number of phenols is 1. The summed E-state index contributed by atoms with van der Waals surface area (Å²) < 4.78 is 0. The summed E-state index contributed by atoms with van der Waals surface area (Å²) in [5.74, 6) is -0.129. The number of hydrogen-bond donors (Lipinski definition) is 1. The van der Waals surface area contributed by atoms with E-state index in [1.165, 1.54) is 0 Å². The Morgan fingerprint density at radius 1 is 0.727 bits per heavy atom. The van der Waals surface area contributed by atoms with E-state index in [2.05, 4.69) is 12.1 Å². The predicted molar refractivity (Wildman–Crippen MR) is 87.9 cm³/mol. The largest absolute Gasteiger partial charge is 0.508 e. The monoisotopic (exact) mass is 288 g/mol. The van der Waals surface area contributed by atoms with E-state index in [9.17, 15) is 9.90 Å². The highest BCUT2D eigenvalue weighted by Gasteiger charge is 2.13. The molecule has 0 aromatic heterocycles. The number of benzene rings is 3. The van der Waals surface area contributed by atoms with Gasteiger partial charge in [0.1, 0.15) is 12.0 Å². The van der Waals surface area contributed by atoms with Gasteiger partial charge in [-0.2, -0.15) is 0 Å². The van der Waals surface area contributed by atoms with Crippen molar-refractivity contribution in [1.29, 1.82) is 0 Å². The van der Waals surface area contributed by atoms with Crippen LogP contribution in [0.3, 0.4) is 0 Å². The lowest BCUT2D eigenvalue weighted by Gasteiger charge is -2.13. The third-order valence-electron chi connectivity index (χ3n) is 3.74. The molecule has 0 heterocycles. The average Bonchev–Trinajstić information content (AvgIpc) is 2.58. The third-order valence-corrected chi connectivity index (χ3v) is 3.74. The second kappa shape index (κ2) is 6.27. The van der Waals surface area contributed by atoms with Crippen molar-refractivity contribution in [1.82, 2.24) is 0 Å². The van der Waals surface area contributed by atoms with Gasteiger partial charge < -0.3 is 9.90 Å². The number of hydrogen-bond acceptors (Lipinski definition) is 2. The first-order valence-electron chi connectivity index (χ1n) is 7.17. The first kappa shape index (κ1) is 14.1. The Balaban J connectivity index is 2.00. The van der Waals surface area contributed by atoms with E-state index in [1.54, 1.807) is 24.3 Å². The topological polar surface area (TPSA) is 37.3 Å². The molecule has 1 unspecified atom stereocenters. The molecule has 0 amide bonds. The van der Waals surface area contributed by atoms with Gasteiger partial charge in [-0.25, -0.2) is 0 Å². The zero-order valence-corrected chi connectivity index (χ0v) is 12.0. The summed E-state index contributed by atoms with van der Waals surface area (Å²) in [5, 5.41) is 9.39. The molecule has 0 spiro atoms. The zero-order valence-electron chi connectivity index (χ0n) is 12.0. The van der Waals surface area contributed by atoms with Gasteiger partial charge >= 0.3 is 0 Å². The second-order valence-electron chi connectivity index (χ2n) is 5.20. The number of aromatic hydroxyl groups is 1. The Morgan fingerprint density at radius 2 is 1.41 bits per heavy atom. The van der Waals surface area contributed by atoms with Gasteiger partial charge in [-0.15, -0.1) is 0 Å². The lowest BCUT2D eigenvalue weighted by molar-refractivity contribution is -0.108. The summed E-state index contributed by atoms with van der Waals surface area (Å²) in [6.07, 6.45) is 0.941. The average molecular weight is 288 g/mol. The molecule has 22 heavy (non-hydrogen) atoms. The van der Waals surface area contributed by atoms with Crippen LogP contribution in [0.15, 0.2) is 78.9 Å². The Bertz CT molecular complexity index is 761. The van der Waals surface area contributed by atoms with Crippen LogP contribution in [0.5, 0.6) is 5.75 Å². The zero-order chi connectivity index (χ0) is 15.4. The molecule has 3 aromatic rings. The fraction of sp³-hybridized carbons (Fsp3) is 0.0500. The molecule has 0 aliphatic heterocycles. The van der Waals surface area contributed by atoms with Crippen LogP contribution in [0.25, 0.3) is 11.1 Å². The summed E-state index contributed by atoms with van der Waals surface area (Å²) >= 11 is 0. The van der Waals surface area contributed by atoms with Gasteiger partial charge in [0.2, 0.25) is 0 Å². The molecule has 0 aliphatic rings. The fourth-order valence-corrected chi connectivity index (χ4v) is 2.57. The van der Waals surface area contributed by atoms with Crippen molar-refractivity contribution in [2.24, 2.45) is 0 Å². The van der Waals surface area contributed by atoms with Crippen molar-refractivity contribution in [3.8, 4) is 16.9 Å². The molecular weight excluding hydrogens is 272 g/mol. The molecule has 3 aromatic carbocycles. The Morgan fingerprint density at radius 3 is 2.09 bits per heavy atom. The molecule has 1 N–H and O–H groups in total. The lowest BCUT2D eigenvalue weighted by Crippen LogP contribution is -2.02. The minimum absolute atomic E-state index is 0.200. The molecule has 0 radical (unpaired) electrons. The summed E-state index contributed by atoms with van der Waals surface area (Å²) in [4.78, 5) is 11.6. The molecule has 2 nitrogen and oxygen atoms in total. The van der Waals surface area contributed by atoms with Crippen LogP contribution in [0.1, 0.15) is 17.0 Å². The van der Waals surface area contributed by atoms with Crippen LogP contribution in [0.4, 0.5) is 0 Å². The van der Waals surface area contributed by atoms with Gasteiger partial charge in [-0.05, 0) is 34.4 Å². The standard InChI is InChI=1S/C20H16O2/c21-14-20(16-9-11-19(22)12-10-16)18-8-4-7-17(13-18)15-5-2-1-3-6-15/h1-14,20,22H. The smallest absolute Gasteiger partial charge is 0.131 e. The van der Waals surface area contributed by atoms with Crippen molar-refractivity contribution < 1.29 is 9.90 Å². The van der Waals surface area contributed by atoms with E-state index in [1.807, 2.05) is 42.5 Å². The normalized spacial score (nSPS) is 11.8. The van der Waals surface area contributed by atoms with E-state index >= 15 is 0 Å². The van der Waals surface area contributed by atoms with Gasteiger partial charge in [0.05, 0.1) is 5.92 Å².